The molecule has 116 valence electrons. The summed E-state index contributed by atoms with van der Waals surface area (Å²) < 4.78 is 10.6. The molecule has 2 aromatic rings. The Morgan fingerprint density at radius 1 is 1.32 bits per heavy atom. The van der Waals surface area contributed by atoms with Gasteiger partial charge in [0.25, 0.3) is 0 Å². The van der Waals surface area contributed by atoms with Gasteiger partial charge in [0, 0.05) is 12.5 Å². The molecule has 2 aromatic carbocycles. The zero-order valence-electron chi connectivity index (χ0n) is 12.5. The zero-order chi connectivity index (χ0) is 15.9. The fourth-order valence-electron chi connectivity index (χ4n) is 3.06. The molecule has 3 rings (SSSR count). The third-order valence-corrected chi connectivity index (χ3v) is 4.00. The first-order chi connectivity index (χ1) is 10.5. The first-order valence-electron chi connectivity index (χ1n) is 7.31. The molecular formula is C17H18O5. The van der Waals surface area contributed by atoms with Crippen molar-refractivity contribution in [3.8, 4) is 17.2 Å². The predicted octanol–water partition coefficient (Wildman–Crippen LogP) is 3.14. The normalized spacial score (nSPS) is 17.2. The molecule has 22 heavy (non-hydrogen) atoms. The average molecular weight is 302 g/mol. The van der Waals surface area contributed by atoms with Crippen LogP contribution in [0.15, 0.2) is 18.2 Å². The van der Waals surface area contributed by atoms with Crippen molar-refractivity contribution in [2.24, 2.45) is 0 Å². The summed E-state index contributed by atoms with van der Waals surface area (Å²) in [6.45, 7) is 2.03. The molecule has 5 heteroatoms. The van der Waals surface area contributed by atoms with Crippen molar-refractivity contribution in [3.05, 3.63) is 29.3 Å². The largest absolute Gasteiger partial charge is 0.508 e. The van der Waals surface area contributed by atoms with Crippen LogP contribution >= 0.6 is 0 Å². The number of aromatic hydroxyl groups is 2. The van der Waals surface area contributed by atoms with Gasteiger partial charge in [0.1, 0.15) is 28.9 Å². The Bertz CT molecular complexity index is 751. The average Bonchev–Trinajstić information content (AvgIpc) is 2.45. The number of fused-ring (bicyclic) bond motifs is 2. The van der Waals surface area contributed by atoms with Crippen LogP contribution in [0.3, 0.4) is 0 Å². The monoisotopic (exact) mass is 302 g/mol. The maximum atomic E-state index is 12.2. The Balaban J connectivity index is 2.24. The zero-order valence-corrected chi connectivity index (χ0v) is 12.5. The minimum Gasteiger partial charge on any atom is -0.508 e. The Labute approximate surface area is 128 Å². The van der Waals surface area contributed by atoms with Crippen molar-refractivity contribution >= 4 is 16.7 Å². The molecule has 0 amide bonds. The summed E-state index contributed by atoms with van der Waals surface area (Å²) in [5.41, 5.74) is 0.941. The number of hydrogen-bond acceptors (Lipinski definition) is 5. The van der Waals surface area contributed by atoms with Gasteiger partial charge in [-0.25, -0.2) is 4.79 Å². The lowest BCUT2D eigenvalue weighted by atomic mass is 9.92. The van der Waals surface area contributed by atoms with E-state index < -0.39 is 5.97 Å². The van der Waals surface area contributed by atoms with Gasteiger partial charge in [-0.3, -0.25) is 0 Å². The van der Waals surface area contributed by atoms with E-state index in [-0.39, 0.29) is 23.2 Å². The van der Waals surface area contributed by atoms with Gasteiger partial charge in [-0.15, -0.1) is 0 Å². The molecule has 5 nitrogen and oxygen atoms in total. The number of cyclic esters (lactones) is 1. The summed E-state index contributed by atoms with van der Waals surface area (Å²) in [7, 11) is 1.45. The second kappa shape index (κ2) is 5.40. The quantitative estimate of drug-likeness (QED) is 0.852. The number of carbonyl (C=O) groups excluding carboxylic acids is 1. The van der Waals surface area contributed by atoms with Gasteiger partial charge >= 0.3 is 5.97 Å². The highest BCUT2D eigenvalue weighted by molar-refractivity contribution is 6.06. The minimum atomic E-state index is -0.505. The lowest BCUT2D eigenvalue weighted by Crippen LogP contribution is -2.27. The molecule has 1 aliphatic heterocycles. The van der Waals surface area contributed by atoms with Crippen LogP contribution in [0.25, 0.3) is 10.8 Å². The Morgan fingerprint density at radius 3 is 2.77 bits per heavy atom. The maximum Gasteiger partial charge on any atom is 0.342 e. The summed E-state index contributed by atoms with van der Waals surface area (Å²) >= 11 is 0. The van der Waals surface area contributed by atoms with E-state index in [2.05, 4.69) is 0 Å². The van der Waals surface area contributed by atoms with Crippen molar-refractivity contribution in [2.45, 2.75) is 32.3 Å². The number of hydrogen-bond donors (Lipinski definition) is 2. The molecule has 0 saturated heterocycles. The Hall–Kier alpha value is -2.43. The Morgan fingerprint density at radius 2 is 2.09 bits per heavy atom. The van der Waals surface area contributed by atoms with E-state index in [0.717, 1.165) is 18.4 Å². The van der Waals surface area contributed by atoms with Gasteiger partial charge in [0.15, 0.2) is 0 Å². The van der Waals surface area contributed by atoms with Crippen LogP contribution < -0.4 is 4.74 Å². The van der Waals surface area contributed by atoms with E-state index in [9.17, 15) is 15.0 Å². The first kappa shape index (κ1) is 14.5. The molecule has 0 bridgehead atoms. The number of esters is 1. The van der Waals surface area contributed by atoms with E-state index in [1.165, 1.54) is 13.2 Å². The second-order valence-corrected chi connectivity index (χ2v) is 5.53. The molecule has 0 fully saturated rings. The number of ether oxygens (including phenoxy) is 2. The van der Waals surface area contributed by atoms with Crippen LogP contribution in [0, 0.1) is 0 Å². The van der Waals surface area contributed by atoms with Gasteiger partial charge in [-0.1, -0.05) is 13.3 Å². The SMILES string of the molecule is CCC[C@H]1Cc2cc3cc(O)cc(OC)c3c(O)c2C(=O)O1. The molecule has 0 saturated carbocycles. The maximum absolute atomic E-state index is 12.2. The molecule has 0 unspecified atom stereocenters. The standard InChI is InChI=1S/C17H18O5/c1-3-4-12-7-10-5-9-6-11(18)8-13(21-2)14(9)16(19)15(10)17(20)22-12/h5-6,8,12,18-19H,3-4,7H2,1-2H3/t12-/m0/s1. The lowest BCUT2D eigenvalue weighted by Gasteiger charge is -2.26. The highest BCUT2D eigenvalue weighted by atomic mass is 16.5. The van der Waals surface area contributed by atoms with Crippen LogP contribution in [-0.2, 0) is 11.2 Å². The number of phenols is 2. The fourth-order valence-corrected chi connectivity index (χ4v) is 3.06. The Kier molecular flexibility index (Phi) is 3.56. The van der Waals surface area contributed by atoms with E-state index >= 15 is 0 Å². The highest BCUT2D eigenvalue weighted by Gasteiger charge is 2.30. The van der Waals surface area contributed by atoms with E-state index in [1.54, 1.807) is 6.07 Å². The summed E-state index contributed by atoms with van der Waals surface area (Å²) in [6.07, 6.45) is 2.10. The highest BCUT2D eigenvalue weighted by Crippen LogP contribution is 2.42. The van der Waals surface area contributed by atoms with Gasteiger partial charge in [0.2, 0.25) is 0 Å². The van der Waals surface area contributed by atoms with Crippen molar-refractivity contribution in [2.75, 3.05) is 7.11 Å². The van der Waals surface area contributed by atoms with E-state index in [0.29, 0.717) is 22.9 Å². The van der Waals surface area contributed by atoms with Crippen LogP contribution in [0.4, 0.5) is 0 Å². The molecule has 0 aromatic heterocycles. The molecule has 0 spiro atoms. The number of benzene rings is 2. The predicted molar refractivity (Wildman–Crippen MR) is 81.6 cm³/mol. The number of methoxy groups -OCH3 is 1. The summed E-state index contributed by atoms with van der Waals surface area (Å²) in [5.74, 6) is -0.287. The minimum absolute atomic E-state index is 0.0483. The third-order valence-electron chi connectivity index (χ3n) is 4.00. The van der Waals surface area contributed by atoms with Crippen molar-refractivity contribution in [3.63, 3.8) is 0 Å². The fraction of sp³-hybridized carbons (Fsp3) is 0.353. The molecule has 1 aliphatic rings. The van der Waals surface area contributed by atoms with Crippen molar-refractivity contribution < 1.29 is 24.5 Å². The van der Waals surface area contributed by atoms with Crippen LogP contribution in [0.2, 0.25) is 0 Å². The van der Waals surface area contributed by atoms with Gasteiger partial charge < -0.3 is 19.7 Å². The number of phenolic OH excluding ortho intramolecular Hbond substituents is 2. The van der Waals surface area contributed by atoms with Gasteiger partial charge in [-0.05, 0) is 29.5 Å². The smallest absolute Gasteiger partial charge is 0.342 e. The summed E-state index contributed by atoms with van der Waals surface area (Å²) in [5, 5.41) is 21.3. The topological polar surface area (TPSA) is 76.0 Å². The molecule has 1 atom stereocenters. The third kappa shape index (κ3) is 2.22. The molecule has 0 aliphatic carbocycles. The second-order valence-electron chi connectivity index (χ2n) is 5.53. The summed E-state index contributed by atoms with van der Waals surface area (Å²) in [4.78, 5) is 12.2. The molecular weight excluding hydrogens is 284 g/mol. The van der Waals surface area contributed by atoms with Gasteiger partial charge in [-0.2, -0.15) is 0 Å². The number of carbonyl (C=O) groups is 1. The van der Waals surface area contributed by atoms with Gasteiger partial charge in [0.05, 0.1) is 12.5 Å². The molecule has 1 heterocycles. The van der Waals surface area contributed by atoms with E-state index in [4.69, 9.17) is 9.47 Å². The summed E-state index contributed by atoms with van der Waals surface area (Å²) in [6, 6.07) is 4.77. The van der Waals surface area contributed by atoms with Crippen LogP contribution in [-0.4, -0.2) is 29.4 Å². The number of rotatable bonds is 3. The van der Waals surface area contributed by atoms with Crippen molar-refractivity contribution in [1.29, 1.82) is 0 Å². The lowest BCUT2D eigenvalue weighted by molar-refractivity contribution is 0.0233. The van der Waals surface area contributed by atoms with Crippen molar-refractivity contribution in [1.82, 2.24) is 0 Å². The van der Waals surface area contributed by atoms with Crippen LogP contribution in [0.5, 0.6) is 17.2 Å². The first-order valence-corrected chi connectivity index (χ1v) is 7.31. The molecule has 0 radical (unpaired) electrons. The molecule has 2 N–H and O–H groups in total. The van der Waals surface area contributed by atoms with Crippen LogP contribution in [0.1, 0.15) is 35.7 Å². The van der Waals surface area contributed by atoms with E-state index in [1.807, 2.05) is 13.0 Å².